The zero-order valence-corrected chi connectivity index (χ0v) is 19.0. The van der Waals surface area contributed by atoms with Crippen molar-refractivity contribution in [2.45, 2.75) is 43.5 Å². The summed E-state index contributed by atoms with van der Waals surface area (Å²) in [5, 5.41) is 7.94. The molecule has 2 aromatic carbocycles. The smallest absolute Gasteiger partial charge is 0.237 e. The van der Waals surface area contributed by atoms with Gasteiger partial charge >= 0.3 is 0 Å². The van der Waals surface area contributed by atoms with Crippen LogP contribution >= 0.6 is 11.8 Å². The van der Waals surface area contributed by atoms with Crippen LogP contribution in [0, 0.1) is 5.82 Å². The summed E-state index contributed by atoms with van der Waals surface area (Å²) in [4.78, 5) is 13.2. The highest BCUT2D eigenvalue weighted by molar-refractivity contribution is 7.98. The van der Waals surface area contributed by atoms with Crippen molar-refractivity contribution in [2.75, 3.05) is 5.32 Å². The fourth-order valence-corrected chi connectivity index (χ4v) is 3.83. The lowest BCUT2D eigenvalue weighted by Crippen LogP contribution is -2.10. The van der Waals surface area contributed by atoms with E-state index in [2.05, 4.69) is 58.3 Å². The van der Waals surface area contributed by atoms with Gasteiger partial charge in [-0.3, -0.25) is 0 Å². The number of rotatable bonds is 7. The van der Waals surface area contributed by atoms with Gasteiger partial charge in [0, 0.05) is 30.1 Å². The molecule has 0 bridgehead atoms. The predicted molar refractivity (Wildman–Crippen MR) is 124 cm³/mol. The molecule has 0 aliphatic heterocycles. The molecule has 0 aliphatic rings. The number of hydrogen-bond acceptors (Lipinski definition) is 7. The Kier molecular flexibility index (Phi) is 6.50. The van der Waals surface area contributed by atoms with Gasteiger partial charge in [0.15, 0.2) is 5.82 Å². The first-order chi connectivity index (χ1) is 15.4. The summed E-state index contributed by atoms with van der Waals surface area (Å²) in [6.45, 7) is 6.85. The van der Waals surface area contributed by atoms with E-state index in [1.54, 1.807) is 30.6 Å². The van der Waals surface area contributed by atoms with Crippen molar-refractivity contribution < 1.29 is 8.91 Å². The van der Waals surface area contributed by atoms with Crippen LogP contribution in [0.5, 0.6) is 0 Å². The van der Waals surface area contributed by atoms with E-state index in [0.29, 0.717) is 40.4 Å². The van der Waals surface area contributed by atoms with Gasteiger partial charge in [-0.1, -0.05) is 80.2 Å². The van der Waals surface area contributed by atoms with Gasteiger partial charge < -0.3 is 9.84 Å². The molecular weight excluding hydrogens is 425 g/mol. The Morgan fingerprint density at radius 2 is 1.75 bits per heavy atom. The van der Waals surface area contributed by atoms with Gasteiger partial charge in [0.1, 0.15) is 10.8 Å². The Labute approximate surface area is 190 Å². The molecule has 0 saturated carbocycles. The largest absolute Gasteiger partial charge is 0.364 e. The maximum atomic E-state index is 13.9. The molecule has 164 valence electrons. The van der Waals surface area contributed by atoms with Crippen molar-refractivity contribution in [3.63, 3.8) is 0 Å². The SMILES string of the molecule is CC(C)(C)c1ccc(-c2noc(CSc3nccnc3NCc3ccccc3F)n2)cc1. The lowest BCUT2D eigenvalue weighted by Gasteiger charge is -2.18. The lowest BCUT2D eigenvalue weighted by atomic mass is 9.87. The molecule has 0 atom stereocenters. The van der Waals surface area contributed by atoms with E-state index in [-0.39, 0.29) is 11.2 Å². The van der Waals surface area contributed by atoms with Crippen LogP contribution in [-0.2, 0) is 17.7 Å². The lowest BCUT2D eigenvalue weighted by molar-refractivity contribution is 0.391. The van der Waals surface area contributed by atoms with Gasteiger partial charge in [-0.25, -0.2) is 14.4 Å². The molecule has 2 heterocycles. The van der Waals surface area contributed by atoms with Gasteiger partial charge in [-0.15, -0.1) is 0 Å². The number of benzene rings is 2. The number of aromatic nitrogens is 4. The highest BCUT2D eigenvalue weighted by atomic mass is 32.2. The van der Waals surface area contributed by atoms with Crippen LogP contribution in [0.2, 0.25) is 0 Å². The Bertz CT molecular complexity index is 1190. The van der Waals surface area contributed by atoms with Gasteiger partial charge in [-0.2, -0.15) is 4.98 Å². The highest BCUT2D eigenvalue weighted by Crippen LogP contribution is 2.28. The average molecular weight is 450 g/mol. The third-order valence-corrected chi connectivity index (χ3v) is 5.84. The molecule has 32 heavy (non-hydrogen) atoms. The molecule has 4 aromatic rings. The zero-order valence-electron chi connectivity index (χ0n) is 18.2. The minimum absolute atomic E-state index is 0.0896. The van der Waals surface area contributed by atoms with E-state index < -0.39 is 0 Å². The van der Waals surface area contributed by atoms with Gasteiger partial charge in [0.2, 0.25) is 11.7 Å². The quantitative estimate of drug-likeness (QED) is 0.354. The summed E-state index contributed by atoms with van der Waals surface area (Å²) >= 11 is 1.43. The molecule has 0 saturated heterocycles. The second kappa shape index (κ2) is 9.48. The van der Waals surface area contributed by atoms with Crippen molar-refractivity contribution in [2.24, 2.45) is 0 Å². The van der Waals surface area contributed by atoms with E-state index >= 15 is 0 Å². The summed E-state index contributed by atoms with van der Waals surface area (Å²) in [6.07, 6.45) is 3.21. The Morgan fingerprint density at radius 3 is 2.50 bits per heavy atom. The molecule has 0 unspecified atom stereocenters. The van der Waals surface area contributed by atoms with Crippen molar-refractivity contribution in [1.29, 1.82) is 0 Å². The normalized spacial score (nSPS) is 11.5. The second-order valence-electron chi connectivity index (χ2n) is 8.28. The molecule has 0 aliphatic carbocycles. The summed E-state index contributed by atoms with van der Waals surface area (Å²) in [6, 6.07) is 14.8. The van der Waals surface area contributed by atoms with Crippen LogP contribution in [0.1, 0.15) is 37.8 Å². The Balaban J connectivity index is 1.40. The second-order valence-corrected chi connectivity index (χ2v) is 9.25. The summed E-state index contributed by atoms with van der Waals surface area (Å²) in [5.41, 5.74) is 2.81. The number of thioether (sulfide) groups is 1. The monoisotopic (exact) mass is 449 g/mol. The van der Waals surface area contributed by atoms with Gasteiger partial charge in [0.05, 0.1) is 5.75 Å². The summed E-state index contributed by atoms with van der Waals surface area (Å²) < 4.78 is 19.3. The first-order valence-corrected chi connectivity index (χ1v) is 11.2. The topological polar surface area (TPSA) is 76.7 Å². The maximum absolute atomic E-state index is 13.9. The molecule has 0 radical (unpaired) electrons. The van der Waals surface area contributed by atoms with Crippen LogP contribution in [0.3, 0.4) is 0 Å². The number of nitrogens with one attached hydrogen (secondary N) is 1. The van der Waals surface area contributed by atoms with Gasteiger partial charge in [0.25, 0.3) is 0 Å². The van der Waals surface area contributed by atoms with Gasteiger partial charge in [-0.05, 0) is 17.0 Å². The molecule has 0 fully saturated rings. The van der Waals surface area contributed by atoms with E-state index in [0.717, 1.165) is 5.56 Å². The first kappa shape index (κ1) is 22.0. The van der Waals surface area contributed by atoms with Crippen LogP contribution in [0.15, 0.2) is 70.5 Å². The Morgan fingerprint density at radius 1 is 1.00 bits per heavy atom. The van der Waals surface area contributed by atoms with Crippen molar-refractivity contribution in [1.82, 2.24) is 20.1 Å². The molecule has 1 N–H and O–H groups in total. The van der Waals surface area contributed by atoms with E-state index in [1.807, 2.05) is 12.1 Å². The fourth-order valence-electron chi connectivity index (χ4n) is 3.05. The fraction of sp³-hybridized carbons (Fsp3) is 0.250. The minimum atomic E-state index is -0.257. The van der Waals surface area contributed by atoms with Crippen molar-refractivity contribution >= 4 is 17.6 Å². The number of halogens is 1. The average Bonchev–Trinajstić information content (AvgIpc) is 3.26. The van der Waals surface area contributed by atoms with Crippen molar-refractivity contribution in [3.05, 3.63) is 83.8 Å². The van der Waals surface area contributed by atoms with Crippen LogP contribution in [0.25, 0.3) is 11.4 Å². The summed E-state index contributed by atoms with van der Waals surface area (Å²) in [7, 11) is 0. The first-order valence-electron chi connectivity index (χ1n) is 10.2. The van der Waals surface area contributed by atoms with E-state index in [9.17, 15) is 4.39 Å². The third-order valence-electron chi connectivity index (χ3n) is 4.88. The molecule has 2 aromatic heterocycles. The standard InChI is InChI=1S/C24H24FN5OS/c1-24(2,3)18-10-8-16(9-11-18)21-29-20(31-30-21)15-32-23-22(26-12-13-27-23)28-14-17-6-4-5-7-19(17)25/h4-13H,14-15H2,1-3H3,(H,26,28). The highest BCUT2D eigenvalue weighted by Gasteiger charge is 2.15. The predicted octanol–water partition coefficient (Wildman–Crippen LogP) is 5.87. The molecule has 4 rings (SSSR count). The minimum Gasteiger partial charge on any atom is -0.364 e. The molecular formula is C24H24FN5OS. The molecule has 0 amide bonds. The molecule has 0 spiro atoms. The van der Waals surface area contributed by atoms with Crippen LogP contribution in [0.4, 0.5) is 10.2 Å². The number of hydrogen-bond donors (Lipinski definition) is 1. The number of anilines is 1. The summed E-state index contributed by atoms with van der Waals surface area (Å²) in [5.74, 6) is 1.82. The Hall–Kier alpha value is -3.26. The van der Waals surface area contributed by atoms with E-state index in [4.69, 9.17) is 4.52 Å². The van der Waals surface area contributed by atoms with Crippen LogP contribution < -0.4 is 5.32 Å². The number of nitrogens with zero attached hydrogens (tertiary/aromatic N) is 4. The molecule has 6 nitrogen and oxygen atoms in total. The zero-order chi connectivity index (χ0) is 22.6. The van der Waals surface area contributed by atoms with E-state index in [1.165, 1.54) is 23.4 Å². The maximum Gasteiger partial charge on any atom is 0.237 e. The molecule has 8 heteroatoms. The van der Waals surface area contributed by atoms with Crippen molar-refractivity contribution in [3.8, 4) is 11.4 Å². The third kappa shape index (κ3) is 5.31. The van der Waals surface area contributed by atoms with Crippen LogP contribution in [-0.4, -0.2) is 20.1 Å².